The minimum atomic E-state index is -4.42. The van der Waals surface area contributed by atoms with E-state index in [0.29, 0.717) is 18.2 Å². The third kappa shape index (κ3) is 4.82. The molecule has 2 heterocycles. The van der Waals surface area contributed by atoms with Gasteiger partial charge in [-0.3, -0.25) is 9.58 Å². The van der Waals surface area contributed by atoms with E-state index < -0.39 is 11.7 Å². The maximum Gasteiger partial charge on any atom is 0.418 e. The number of aromatic nitrogens is 2. The van der Waals surface area contributed by atoms with Gasteiger partial charge in [-0.05, 0) is 38.2 Å². The highest BCUT2D eigenvalue weighted by Gasteiger charge is 2.33. The zero-order valence-electron chi connectivity index (χ0n) is 16.0. The van der Waals surface area contributed by atoms with E-state index in [1.807, 2.05) is 16.5 Å². The molecule has 1 aliphatic rings. The second-order valence-corrected chi connectivity index (χ2v) is 7.22. The summed E-state index contributed by atoms with van der Waals surface area (Å²) in [6.07, 6.45) is -2.35. The lowest BCUT2D eigenvalue weighted by atomic mass is 10.1. The van der Waals surface area contributed by atoms with Crippen LogP contribution in [0.25, 0.3) is 0 Å². The Hall–Kier alpha value is -2.13. The Morgan fingerprint density at radius 2 is 1.86 bits per heavy atom. The minimum absolute atomic E-state index is 0.00923. The average molecular weight is 411 g/mol. The molecule has 0 aliphatic carbocycles. The lowest BCUT2D eigenvalue weighted by molar-refractivity contribution is -0.136. The van der Waals surface area contributed by atoms with Gasteiger partial charge < -0.3 is 10.2 Å². The number of piperazine rings is 1. The summed E-state index contributed by atoms with van der Waals surface area (Å²) >= 11 is 5.36. The standard InChI is InChI=1S/C19H24F3N5S/c1-3-27-13-15(14(2)24-27)12-25-8-10-26(11-9-25)18(28)23-17-7-5-4-6-16(17)19(20,21)22/h4-7,13H,3,8-12H2,1-2H3,(H,23,28). The molecule has 9 heteroatoms. The van der Waals surface area contributed by atoms with Crippen molar-refractivity contribution in [3.63, 3.8) is 0 Å². The molecule has 1 aliphatic heterocycles. The van der Waals surface area contributed by atoms with Gasteiger partial charge in [0.25, 0.3) is 0 Å². The largest absolute Gasteiger partial charge is 0.418 e. The Balaban J connectivity index is 1.56. The molecule has 0 unspecified atom stereocenters. The number of rotatable bonds is 4. The molecule has 0 atom stereocenters. The highest BCUT2D eigenvalue weighted by Crippen LogP contribution is 2.34. The number of para-hydroxylation sites is 1. The molecule has 1 fully saturated rings. The number of alkyl halides is 3. The molecule has 1 aromatic heterocycles. The Labute approximate surface area is 168 Å². The van der Waals surface area contributed by atoms with Crippen LogP contribution >= 0.6 is 12.2 Å². The number of hydrogen-bond donors (Lipinski definition) is 1. The number of hydrogen-bond acceptors (Lipinski definition) is 3. The topological polar surface area (TPSA) is 36.3 Å². The lowest BCUT2D eigenvalue weighted by Gasteiger charge is -2.36. The van der Waals surface area contributed by atoms with Gasteiger partial charge >= 0.3 is 6.18 Å². The number of nitrogens with one attached hydrogen (secondary N) is 1. The zero-order chi connectivity index (χ0) is 20.3. The van der Waals surface area contributed by atoms with E-state index >= 15 is 0 Å². The van der Waals surface area contributed by atoms with Gasteiger partial charge in [0.15, 0.2) is 5.11 Å². The first kappa shape index (κ1) is 20.6. The molecule has 152 valence electrons. The van der Waals surface area contributed by atoms with Crippen molar-refractivity contribution in [2.24, 2.45) is 0 Å². The van der Waals surface area contributed by atoms with Crippen LogP contribution in [0.1, 0.15) is 23.7 Å². The number of thiocarbonyl (C=S) groups is 1. The third-order valence-corrected chi connectivity index (χ3v) is 5.26. The first-order valence-corrected chi connectivity index (χ1v) is 9.66. The summed E-state index contributed by atoms with van der Waals surface area (Å²) in [5.41, 5.74) is 1.52. The number of benzene rings is 1. The van der Waals surface area contributed by atoms with Crippen LogP contribution in [0.3, 0.4) is 0 Å². The number of nitrogens with zero attached hydrogens (tertiary/aromatic N) is 4. The lowest BCUT2D eigenvalue weighted by Crippen LogP contribution is -2.49. The number of anilines is 1. The molecule has 3 rings (SSSR count). The zero-order valence-corrected chi connectivity index (χ0v) is 16.8. The molecule has 0 amide bonds. The molecule has 0 bridgehead atoms. The van der Waals surface area contributed by atoms with E-state index in [9.17, 15) is 13.2 Å². The summed E-state index contributed by atoms with van der Waals surface area (Å²) in [6.45, 7) is 8.64. The smallest absolute Gasteiger partial charge is 0.346 e. The van der Waals surface area contributed by atoms with Crippen LogP contribution in [0.4, 0.5) is 18.9 Å². The fraction of sp³-hybridized carbons (Fsp3) is 0.474. The summed E-state index contributed by atoms with van der Waals surface area (Å²) in [5, 5.41) is 7.57. The van der Waals surface area contributed by atoms with Crippen LogP contribution in [-0.2, 0) is 19.3 Å². The van der Waals surface area contributed by atoms with Gasteiger partial charge in [0, 0.05) is 51.0 Å². The molecule has 0 radical (unpaired) electrons. The van der Waals surface area contributed by atoms with E-state index in [2.05, 4.69) is 28.4 Å². The van der Waals surface area contributed by atoms with Gasteiger partial charge in [-0.2, -0.15) is 18.3 Å². The highest BCUT2D eigenvalue weighted by molar-refractivity contribution is 7.80. The average Bonchev–Trinajstić information content (AvgIpc) is 3.01. The Morgan fingerprint density at radius 3 is 2.46 bits per heavy atom. The summed E-state index contributed by atoms with van der Waals surface area (Å²) in [7, 11) is 0. The number of halogens is 3. The van der Waals surface area contributed by atoms with Gasteiger partial charge in [0.05, 0.1) is 16.9 Å². The number of aryl methyl sites for hydroxylation is 2. The summed E-state index contributed by atoms with van der Waals surface area (Å²) in [4.78, 5) is 4.23. The first-order valence-electron chi connectivity index (χ1n) is 9.25. The van der Waals surface area contributed by atoms with E-state index in [0.717, 1.165) is 37.9 Å². The normalized spacial score (nSPS) is 15.7. The maximum atomic E-state index is 13.1. The Bertz CT molecular complexity index is 825. The fourth-order valence-electron chi connectivity index (χ4n) is 3.26. The molecule has 0 spiro atoms. The molecule has 28 heavy (non-hydrogen) atoms. The second kappa shape index (κ2) is 8.48. The predicted octanol–water partition coefficient (Wildman–Crippen LogP) is 3.74. The van der Waals surface area contributed by atoms with Gasteiger partial charge in [0.2, 0.25) is 0 Å². The quantitative estimate of drug-likeness (QED) is 0.776. The van der Waals surface area contributed by atoms with Gasteiger partial charge in [0.1, 0.15) is 0 Å². The molecule has 1 saturated heterocycles. The van der Waals surface area contributed by atoms with Crippen molar-refractivity contribution in [2.75, 3.05) is 31.5 Å². The van der Waals surface area contributed by atoms with Crippen molar-refractivity contribution in [2.45, 2.75) is 33.1 Å². The maximum absolute atomic E-state index is 13.1. The SMILES string of the molecule is CCn1cc(CN2CCN(C(=S)Nc3ccccc3C(F)(F)F)CC2)c(C)n1. The van der Waals surface area contributed by atoms with Gasteiger partial charge in [-0.15, -0.1) is 0 Å². The highest BCUT2D eigenvalue weighted by atomic mass is 32.1. The second-order valence-electron chi connectivity index (χ2n) is 6.83. The van der Waals surface area contributed by atoms with Crippen molar-refractivity contribution < 1.29 is 13.2 Å². The Kier molecular flexibility index (Phi) is 6.24. The van der Waals surface area contributed by atoms with Crippen molar-refractivity contribution in [3.8, 4) is 0 Å². The van der Waals surface area contributed by atoms with Crippen LogP contribution in [0.2, 0.25) is 0 Å². The predicted molar refractivity (Wildman–Crippen MR) is 107 cm³/mol. The monoisotopic (exact) mass is 411 g/mol. The van der Waals surface area contributed by atoms with Crippen molar-refractivity contribution in [1.82, 2.24) is 19.6 Å². The van der Waals surface area contributed by atoms with Crippen molar-refractivity contribution in [3.05, 3.63) is 47.3 Å². The van der Waals surface area contributed by atoms with Crippen LogP contribution in [-0.4, -0.2) is 50.9 Å². The third-order valence-electron chi connectivity index (χ3n) is 4.90. The molecule has 1 aromatic carbocycles. The summed E-state index contributed by atoms with van der Waals surface area (Å²) in [5.74, 6) is 0. The van der Waals surface area contributed by atoms with Crippen molar-refractivity contribution in [1.29, 1.82) is 0 Å². The molecule has 5 nitrogen and oxygen atoms in total. The van der Waals surface area contributed by atoms with E-state index in [-0.39, 0.29) is 5.69 Å². The molecule has 2 aromatic rings. The summed E-state index contributed by atoms with van der Waals surface area (Å²) < 4.78 is 41.4. The minimum Gasteiger partial charge on any atom is -0.346 e. The van der Waals surface area contributed by atoms with Crippen LogP contribution < -0.4 is 5.32 Å². The van der Waals surface area contributed by atoms with Crippen LogP contribution in [0.15, 0.2) is 30.5 Å². The van der Waals surface area contributed by atoms with Crippen LogP contribution in [0, 0.1) is 6.92 Å². The van der Waals surface area contributed by atoms with E-state index in [4.69, 9.17) is 12.2 Å². The Morgan fingerprint density at radius 1 is 1.18 bits per heavy atom. The van der Waals surface area contributed by atoms with Gasteiger partial charge in [-0.25, -0.2) is 0 Å². The first-order chi connectivity index (χ1) is 13.3. The molecule has 0 saturated carbocycles. The molecule has 1 N–H and O–H groups in total. The molecular weight excluding hydrogens is 387 g/mol. The summed E-state index contributed by atoms with van der Waals surface area (Å²) in [6, 6.07) is 5.40. The fourth-order valence-corrected chi connectivity index (χ4v) is 3.55. The van der Waals surface area contributed by atoms with Crippen molar-refractivity contribution >= 4 is 23.0 Å². The van der Waals surface area contributed by atoms with E-state index in [1.54, 1.807) is 6.07 Å². The van der Waals surface area contributed by atoms with Crippen LogP contribution in [0.5, 0.6) is 0 Å². The molecular formula is C19H24F3N5S. The van der Waals surface area contributed by atoms with E-state index in [1.165, 1.54) is 17.7 Å². The van der Waals surface area contributed by atoms with Gasteiger partial charge in [-0.1, -0.05) is 12.1 Å².